The average Bonchev–Trinajstić information content (AvgIpc) is 2.86. The molecular formula is C28H31N3O2. The van der Waals surface area contributed by atoms with Gasteiger partial charge >= 0.3 is 0 Å². The summed E-state index contributed by atoms with van der Waals surface area (Å²) in [6.07, 6.45) is 2.83. The van der Waals surface area contributed by atoms with Crippen LogP contribution in [0.25, 0.3) is 0 Å². The van der Waals surface area contributed by atoms with Crippen molar-refractivity contribution in [2.45, 2.75) is 32.2 Å². The number of carbonyl (C=O) groups is 2. The van der Waals surface area contributed by atoms with Gasteiger partial charge in [0.05, 0.1) is 0 Å². The summed E-state index contributed by atoms with van der Waals surface area (Å²) < 4.78 is 0. The van der Waals surface area contributed by atoms with Crippen LogP contribution in [0, 0.1) is 5.92 Å². The van der Waals surface area contributed by atoms with Gasteiger partial charge in [-0.15, -0.1) is 0 Å². The minimum atomic E-state index is -0.691. The Morgan fingerprint density at radius 2 is 1.48 bits per heavy atom. The van der Waals surface area contributed by atoms with Gasteiger partial charge in [0, 0.05) is 36.4 Å². The van der Waals surface area contributed by atoms with Gasteiger partial charge in [-0.05, 0) is 60.7 Å². The zero-order valence-electron chi connectivity index (χ0n) is 19.0. The number of hydrogen-bond acceptors (Lipinski definition) is 3. The van der Waals surface area contributed by atoms with Crippen LogP contribution in [0.2, 0.25) is 0 Å². The number of nitrogens with zero attached hydrogens (tertiary/aromatic N) is 1. The predicted octanol–water partition coefficient (Wildman–Crippen LogP) is 4.90. The van der Waals surface area contributed by atoms with E-state index in [2.05, 4.69) is 34.6 Å². The molecule has 2 amide bonds. The molecule has 4 rings (SSSR count). The quantitative estimate of drug-likeness (QED) is 0.548. The molecule has 1 aliphatic heterocycles. The molecule has 3 aromatic carbocycles. The molecule has 1 aliphatic rings. The Labute approximate surface area is 195 Å². The van der Waals surface area contributed by atoms with Gasteiger partial charge in [-0.2, -0.15) is 0 Å². The fourth-order valence-electron chi connectivity index (χ4n) is 4.14. The van der Waals surface area contributed by atoms with Crippen molar-refractivity contribution in [1.29, 1.82) is 0 Å². The minimum absolute atomic E-state index is 0.234. The molecule has 0 saturated carbocycles. The minimum Gasteiger partial charge on any atom is -0.372 e. The van der Waals surface area contributed by atoms with Crippen LogP contribution in [-0.4, -0.2) is 30.9 Å². The lowest BCUT2D eigenvalue weighted by molar-refractivity contribution is -0.118. The molecule has 0 unspecified atom stereocenters. The first kappa shape index (κ1) is 22.6. The molecule has 0 bridgehead atoms. The smallest absolute Gasteiger partial charge is 0.251 e. The number of rotatable bonds is 7. The summed E-state index contributed by atoms with van der Waals surface area (Å²) in [6, 6.07) is 26.0. The summed E-state index contributed by atoms with van der Waals surface area (Å²) >= 11 is 0. The number of amides is 2. The van der Waals surface area contributed by atoms with E-state index in [1.165, 1.54) is 18.5 Å². The van der Waals surface area contributed by atoms with Gasteiger partial charge in [-0.1, -0.05) is 55.5 Å². The van der Waals surface area contributed by atoms with Crippen molar-refractivity contribution >= 4 is 23.2 Å². The largest absolute Gasteiger partial charge is 0.372 e. The maximum absolute atomic E-state index is 13.2. The molecule has 1 fully saturated rings. The highest BCUT2D eigenvalue weighted by atomic mass is 16.2. The lowest BCUT2D eigenvalue weighted by Gasteiger charge is -2.32. The van der Waals surface area contributed by atoms with Crippen molar-refractivity contribution < 1.29 is 9.59 Å². The van der Waals surface area contributed by atoms with Crippen molar-refractivity contribution in [3.05, 3.63) is 96.1 Å². The SMILES string of the molecule is CC1CCN(c2ccc(NC(=O)[C@H](Cc3ccccc3)NC(=O)c3ccccc3)cc2)CC1. The number of hydrogen-bond donors (Lipinski definition) is 2. The van der Waals surface area contributed by atoms with Crippen LogP contribution < -0.4 is 15.5 Å². The lowest BCUT2D eigenvalue weighted by atomic mass is 9.99. The van der Waals surface area contributed by atoms with Gasteiger partial charge in [0.1, 0.15) is 6.04 Å². The van der Waals surface area contributed by atoms with E-state index in [4.69, 9.17) is 0 Å². The van der Waals surface area contributed by atoms with Crippen molar-refractivity contribution in [2.24, 2.45) is 5.92 Å². The predicted molar refractivity (Wildman–Crippen MR) is 134 cm³/mol. The lowest BCUT2D eigenvalue weighted by Crippen LogP contribution is -2.45. The average molecular weight is 442 g/mol. The molecular weight excluding hydrogens is 410 g/mol. The monoisotopic (exact) mass is 441 g/mol. The van der Waals surface area contributed by atoms with E-state index in [1.54, 1.807) is 12.1 Å². The highest BCUT2D eigenvalue weighted by Gasteiger charge is 2.22. The van der Waals surface area contributed by atoms with Gasteiger partial charge in [0.25, 0.3) is 5.91 Å². The van der Waals surface area contributed by atoms with Crippen LogP contribution in [0.3, 0.4) is 0 Å². The number of nitrogens with one attached hydrogen (secondary N) is 2. The zero-order valence-corrected chi connectivity index (χ0v) is 19.0. The van der Waals surface area contributed by atoms with Crippen LogP contribution in [0.4, 0.5) is 11.4 Å². The topological polar surface area (TPSA) is 61.4 Å². The van der Waals surface area contributed by atoms with E-state index >= 15 is 0 Å². The van der Waals surface area contributed by atoms with Gasteiger partial charge < -0.3 is 15.5 Å². The maximum atomic E-state index is 13.2. The van der Waals surface area contributed by atoms with Gasteiger partial charge in [0.15, 0.2) is 0 Å². The third-order valence-electron chi connectivity index (χ3n) is 6.22. The van der Waals surface area contributed by atoms with E-state index in [9.17, 15) is 9.59 Å². The van der Waals surface area contributed by atoms with Crippen LogP contribution in [-0.2, 0) is 11.2 Å². The van der Waals surface area contributed by atoms with E-state index in [0.29, 0.717) is 12.0 Å². The molecule has 3 aromatic rings. The molecule has 5 nitrogen and oxygen atoms in total. The van der Waals surface area contributed by atoms with E-state index < -0.39 is 6.04 Å². The van der Waals surface area contributed by atoms with E-state index in [0.717, 1.165) is 30.3 Å². The standard InChI is InChI=1S/C28H31N3O2/c1-21-16-18-31(19-17-21)25-14-12-24(13-15-25)29-28(33)26(20-22-8-4-2-5-9-22)30-27(32)23-10-6-3-7-11-23/h2-15,21,26H,16-20H2,1H3,(H,29,33)(H,30,32)/t26-/m0/s1. The summed E-state index contributed by atoms with van der Waals surface area (Å²) in [5, 5.41) is 5.89. The van der Waals surface area contributed by atoms with Crippen LogP contribution >= 0.6 is 0 Å². The molecule has 5 heteroatoms. The molecule has 0 aliphatic carbocycles. The van der Waals surface area contributed by atoms with Gasteiger partial charge in [-0.3, -0.25) is 9.59 Å². The fourth-order valence-corrected chi connectivity index (χ4v) is 4.14. The molecule has 1 atom stereocenters. The molecule has 170 valence electrons. The van der Waals surface area contributed by atoms with Crippen LogP contribution in [0.1, 0.15) is 35.7 Å². The van der Waals surface area contributed by atoms with Crippen molar-refractivity contribution in [1.82, 2.24) is 5.32 Å². The second-order valence-electron chi connectivity index (χ2n) is 8.79. The number of anilines is 2. The number of carbonyl (C=O) groups excluding carboxylic acids is 2. The molecule has 0 radical (unpaired) electrons. The van der Waals surface area contributed by atoms with Crippen molar-refractivity contribution in [3.8, 4) is 0 Å². The van der Waals surface area contributed by atoms with E-state index in [1.807, 2.05) is 60.7 Å². The van der Waals surface area contributed by atoms with Crippen molar-refractivity contribution in [3.63, 3.8) is 0 Å². The molecule has 33 heavy (non-hydrogen) atoms. The number of piperidine rings is 1. The third kappa shape index (κ3) is 6.22. The highest BCUT2D eigenvalue weighted by molar-refractivity contribution is 6.01. The molecule has 1 heterocycles. The Morgan fingerprint density at radius 1 is 0.879 bits per heavy atom. The van der Waals surface area contributed by atoms with Crippen molar-refractivity contribution in [2.75, 3.05) is 23.3 Å². The molecule has 1 saturated heterocycles. The van der Waals surface area contributed by atoms with Crippen LogP contribution in [0.5, 0.6) is 0 Å². The maximum Gasteiger partial charge on any atom is 0.251 e. The number of benzene rings is 3. The summed E-state index contributed by atoms with van der Waals surface area (Å²) in [4.78, 5) is 28.3. The normalized spacial score (nSPS) is 15.0. The van der Waals surface area contributed by atoms with E-state index in [-0.39, 0.29) is 11.8 Å². The summed E-state index contributed by atoms with van der Waals surface area (Å²) in [5.41, 5.74) is 3.42. The zero-order chi connectivity index (χ0) is 23.0. The summed E-state index contributed by atoms with van der Waals surface area (Å²) in [7, 11) is 0. The first-order valence-corrected chi connectivity index (χ1v) is 11.6. The second kappa shape index (κ2) is 10.8. The molecule has 0 spiro atoms. The Morgan fingerprint density at radius 3 is 2.12 bits per heavy atom. The Bertz CT molecular complexity index is 1040. The van der Waals surface area contributed by atoms with Gasteiger partial charge in [-0.25, -0.2) is 0 Å². The first-order chi connectivity index (χ1) is 16.1. The van der Waals surface area contributed by atoms with Crippen LogP contribution in [0.15, 0.2) is 84.9 Å². The first-order valence-electron chi connectivity index (χ1n) is 11.6. The highest BCUT2D eigenvalue weighted by Crippen LogP contribution is 2.24. The Hall–Kier alpha value is -3.60. The summed E-state index contributed by atoms with van der Waals surface area (Å²) in [6.45, 7) is 4.44. The second-order valence-corrected chi connectivity index (χ2v) is 8.79. The third-order valence-corrected chi connectivity index (χ3v) is 6.22. The van der Waals surface area contributed by atoms with Gasteiger partial charge in [0.2, 0.25) is 5.91 Å². The fraction of sp³-hybridized carbons (Fsp3) is 0.286. The summed E-state index contributed by atoms with van der Waals surface area (Å²) in [5.74, 6) is 0.288. The Balaban J connectivity index is 1.44. The Kier molecular flexibility index (Phi) is 7.40. The molecule has 2 N–H and O–H groups in total. The molecule has 0 aromatic heterocycles.